The fraction of sp³-hybridized carbons (Fsp3) is 0.222. The van der Waals surface area contributed by atoms with Gasteiger partial charge in [-0.1, -0.05) is 60.7 Å². The molecule has 0 radical (unpaired) electrons. The molecule has 114 valence electrons. The Hall–Kier alpha value is -2.62. The third-order valence-electron chi connectivity index (χ3n) is 3.55. The van der Waals surface area contributed by atoms with Crippen molar-refractivity contribution in [1.29, 1.82) is 0 Å². The van der Waals surface area contributed by atoms with E-state index in [0.717, 1.165) is 5.56 Å². The summed E-state index contributed by atoms with van der Waals surface area (Å²) in [6.07, 6.45) is 0.622. The molecule has 1 atom stereocenters. The standard InChI is InChI=1S/C18H19NO3/c1-14(20)19(13-12-15-8-4-2-5-9-15)17(18(21)22)16-10-6-3-7-11-16/h2-11,17H,12-13H2,1H3,(H,21,22). The molecular formula is C18H19NO3. The van der Waals surface area contributed by atoms with E-state index in [1.807, 2.05) is 36.4 Å². The number of hydrogen-bond donors (Lipinski definition) is 1. The smallest absolute Gasteiger partial charge is 0.331 e. The fourth-order valence-electron chi connectivity index (χ4n) is 2.45. The van der Waals surface area contributed by atoms with Crippen LogP contribution >= 0.6 is 0 Å². The largest absolute Gasteiger partial charge is 0.479 e. The molecule has 0 heterocycles. The maximum atomic E-state index is 11.9. The minimum absolute atomic E-state index is 0.243. The Morgan fingerprint density at radius 2 is 1.55 bits per heavy atom. The lowest BCUT2D eigenvalue weighted by molar-refractivity contribution is -0.149. The molecule has 4 nitrogen and oxygen atoms in total. The van der Waals surface area contributed by atoms with E-state index >= 15 is 0 Å². The molecule has 1 amide bonds. The van der Waals surface area contributed by atoms with Gasteiger partial charge in [0.15, 0.2) is 6.04 Å². The van der Waals surface area contributed by atoms with Crippen molar-refractivity contribution in [2.75, 3.05) is 6.54 Å². The average Bonchev–Trinajstić information content (AvgIpc) is 2.52. The highest BCUT2D eigenvalue weighted by atomic mass is 16.4. The monoisotopic (exact) mass is 297 g/mol. The third kappa shape index (κ3) is 3.95. The zero-order valence-corrected chi connectivity index (χ0v) is 12.5. The van der Waals surface area contributed by atoms with E-state index in [0.29, 0.717) is 18.5 Å². The minimum atomic E-state index is -1.02. The molecule has 0 aromatic heterocycles. The van der Waals surface area contributed by atoms with Gasteiger partial charge < -0.3 is 10.0 Å². The van der Waals surface area contributed by atoms with E-state index in [1.165, 1.54) is 11.8 Å². The summed E-state index contributed by atoms with van der Waals surface area (Å²) in [7, 11) is 0. The molecule has 0 aliphatic rings. The van der Waals surface area contributed by atoms with Gasteiger partial charge in [-0.15, -0.1) is 0 Å². The molecule has 2 rings (SSSR count). The summed E-state index contributed by atoms with van der Waals surface area (Å²) in [5, 5.41) is 9.55. The molecule has 0 saturated heterocycles. The van der Waals surface area contributed by atoms with Gasteiger partial charge in [0.2, 0.25) is 5.91 Å². The predicted molar refractivity (Wildman–Crippen MR) is 84.4 cm³/mol. The molecule has 0 aliphatic carbocycles. The summed E-state index contributed by atoms with van der Waals surface area (Å²) in [6.45, 7) is 1.77. The number of benzene rings is 2. The number of amides is 1. The van der Waals surface area contributed by atoms with Gasteiger partial charge in [-0.2, -0.15) is 0 Å². The molecule has 0 spiro atoms. The molecule has 2 aromatic carbocycles. The average molecular weight is 297 g/mol. The van der Waals surface area contributed by atoms with Crippen LogP contribution in [0.5, 0.6) is 0 Å². The maximum absolute atomic E-state index is 11.9. The predicted octanol–water partition coefficient (Wildman–Crippen LogP) is 2.90. The second-order valence-corrected chi connectivity index (χ2v) is 5.10. The van der Waals surface area contributed by atoms with E-state index in [2.05, 4.69) is 0 Å². The van der Waals surface area contributed by atoms with E-state index in [4.69, 9.17) is 0 Å². The number of carboxylic acid groups (broad SMARTS) is 1. The van der Waals surface area contributed by atoms with Crippen molar-refractivity contribution in [3.05, 3.63) is 71.8 Å². The summed E-state index contributed by atoms with van der Waals surface area (Å²) < 4.78 is 0. The van der Waals surface area contributed by atoms with Crippen LogP contribution in [0, 0.1) is 0 Å². The van der Waals surface area contributed by atoms with Crippen molar-refractivity contribution < 1.29 is 14.7 Å². The number of hydrogen-bond acceptors (Lipinski definition) is 2. The lowest BCUT2D eigenvalue weighted by Crippen LogP contribution is -2.39. The number of nitrogens with zero attached hydrogens (tertiary/aromatic N) is 1. The Balaban J connectivity index is 2.21. The Labute approximate surface area is 130 Å². The van der Waals surface area contributed by atoms with Crippen molar-refractivity contribution in [3.63, 3.8) is 0 Å². The molecule has 0 aliphatic heterocycles. The number of aliphatic carboxylic acids is 1. The van der Waals surface area contributed by atoms with Gasteiger partial charge in [0.25, 0.3) is 0 Å². The topological polar surface area (TPSA) is 57.6 Å². The molecule has 2 aromatic rings. The first-order valence-electron chi connectivity index (χ1n) is 7.18. The van der Waals surface area contributed by atoms with Crippen molar-refractivity contribution in [3.8, 4) is 0 Å². The SMILES string of the molecule is CC(=O)N(CCc1ccccc1)C(C(=O)O)c1ccccc1. The highest BCUT2D eigenvalue weighted by Crippen LogP contribution is 2.21. The molecule has 0 fully saturated rings. The summed E-state index contributed by atoms with van der Waals surface area (Å²) in [5.74, 6) is -1.26. The molecule has 4 heteroatoms. The van der Waals surface area contributed by atoms with Gasteiger partial charge in [-0.05, 0) is 17.5 Å². The van der Waals surface area contributed by atoms with Crippen LogP contribution in [-0.4, -0.2) is 28.4 Å². The Morgan fingerprint density at radius 3 is 2.05 bits per heavy atom. The first kappa shape index (κ1) is 15.8. The van der Waals surface area contributed by atoms with E-state index in [9.17, 15) is 14.7 Å². The second-order valence-electron chi connectivity index (χ2n) is 5.10. The molecule has 22 heavy (non-hydrogen) atoms. The summed E-state index contributed by atoms with van der Waals surface area (Å²) in [5.41, 5.74) is 1.68. The van der Waals surface area contributed by atoms with Crippen LogP contribution < -0.4 is 0 Å². The normalized spacial score (nSPS) is 11.7. The van der Waals surface area contributed by atoms with Crippen LogP contribution in [0.25, 0.3) is 0 Å². The minimum Gasteiger partial charge on any atom is -0.479 e. The molecular weight excluding hydrogens is 278 g/mol. The van der Waals surface area contributed by atoms with Crippen LogP contribution in [0.1, 0.15) is 24.1 Å². The molecule has 1 unspecified atom stereocenters. The van der Waals surface area contributed by atoms with Crippen molar-refractivity contribution in [2.45, 2.75) is 19.4 Å². The molecule has 0 saturated carbocycles. The van der Waals surface area contributed by atoms with Crippen LogP contribution in [0.4, 0.5) is 0 Å². The zero-order valence-electron chi connectivity index (χ0n) is 12.5. The quantitative estimate of drug-likeness (QED) is 0.892. The number of carbonyl (C=O) groups is 2. The van der Waals surface area contributed by atoms with Gasteiger partial charge in [-0.3, -0.25) is 4.79 Å². The summed E-state index contributed by atoms with van der Waals surface area (Å²) >= 11 is 0. The highest BCUT2D eigenvalue weighted by Gasteiger charge is 2.28. The van der Waals surface area contributed by atoms with E-state index in [-0.39, 0.29) is 5.91 Å². The Morgan fingerprint density at radius 1 is 1.00 bits per heavy atom. The molecule has 0 bridgehead atoms. The lowest BCUT2D eigenvalue weighted by atomic mass is 10.0. The van der Waals surface area contributed by atoms with E-state index in [1.54, 1.807) is 24.3 Å². The van der Waals surface area contributed by atoms with Gasteiger partial charge in [0, 0.05) is 13.5 Å². The zero-order chi connectivity index (χ0) is 15.9. The van der Waals surface area contributed by atoms with Crippen LogP contribution in [0.2, 0.25) is 0 Å². The van der Waals surface area contributed by atoms with E-state index < -0.39 is 12.0 Å². The fourth-order valence-corrected chi connectivity index (χ4v) is 2.45. The Kier molecular flexibility index (Phi) is 5.31. The van der Waals surface area contributed by atoms with Gasteiger partial charge >= 0.3 is 5.97 Å². The highest BCUT2D eigenvalue weighted by molar-refractivity contribution is 5.83. The van der Waals surface area contributed by atoms with Crippen molar-refractivity contribution in [2.24, 2.45) is 0 Å². The van der Waals surface area contributed by atoms with Crippen molar-refractivity contribution >= 4 is 11.9 Å². The number of carboxylic acids is 1. The number of carbonyl (C=O) groups excluding carboxylic acids is 1. The first-order valence-corrected chi connectivity index (χ1v) is 7.18. The molecule has 1 N–H and O–H groups in total. The maximum Gasteiger partial charge on any atom is 0.331 e. The van der Waals surface area contributed by atoms with Gasteiger partial charge in [0.1, 0.15) is 0 Å². The van der Waals surface area contributed by atoms with Crippen molar-refractivity contribution in [1.82, 2.24) is 4.90 Å². The first-order chi connectivity index (χ1) is 10.6. The van der Waals surface area contributed by atoms with Crippen LogP contribution in [0.15, 0.2) is 60.7 Å². The van der Waals surface area contributed by atoms with Crippen LogP contribution in [0.3, 0.4) is 0 Å². The third-order valence-corrected chi connectivity index (χ3v) is 3.55. The van der Waals surface area contributed by atoms with Gasteiger partial charge in [-0.25, -0.2) is 4.79 Å². The lowest BCUT2D eigenvalue weighted by Gasteiger charge is -2.28. The number of rotatable bonds is 6. The van der Waals surface area contributed by atoms with Gasteiger partial charge in [0.05, 0.1) is 0 Å². The Bertz CT molecular complexity index is 625. The second kappa shape index (κ2) is 7.41. The van der Waals surface area contributed by atoms with Crippen LogP contribution in [-0.2, 0) is 16.0 Å². The summed E-state index contributed by atoms with van der Waals surface area (Å²) in [4.78, 5) is 25.0. The summed E-state index contributed by atoms with van der Waals surface area (Å²) in [6, 6.07) is 17.6.